The number of morpholine rings is 1. The molecule has 1 fully saturated rings. The van der Waals surface area contributed by atoms with E-state index in [1.807, 2.05) is 61.5 Å². The number of benzene rings is 2. The van der Waals surface area contributed by atoms with Gasteiger partial charge in [-0.25, -0.2) is 0 Å². The number of aromatic nitrogens is 2. The first-order valence-corrected chi connectivity index (χ1v) is 11.5. The van der Waals surface area contributed by atoms with E-state index >= 15 is 0 Å². The summed E-state index contributed by atoms with van der Waals surface area (Å²) in [6.07, 6.45) is 0.266. The molecule has 1 aliphatic rings. The highest BCUT2D eigenvalue weighted by atomic mass is 32.2. The normalized spacial score (nSPS) is 13.8. The van der Waals surface area contributed by atoms with E-state index in [1.165, 1.54) is 4.57 Å². The minimum atomic E-state index is -0.341. The molecule has 32 heavy (non-hydrogen) atoms. The fraction of sp³-hybridized carbons (Fsp3) is 0.292. The molecule has 0 bridgehead atoms. The highest BCUT2D eigenvalue weighted by Gasteiger charge is 2.21. The van der Waals surface area contributed by atoms with Crippen LogP contribution in [-0.4, -0.2) is 57.5 Å². The molecule has 1 amide bonds. The van der Waals surface area contributed by atoms with Crippen LogP contribution in [0.5, 0.6) is 5.88 Å². The molecule has 1 aromatic heterocycles. The van der Waals surface area contributed by atoms with E-state index < -0.39 is 0 Å². The van der Waals surface area contributed by atoms with E-state index in [2.05, 4.69) is 4.98 Å². The summed E-state index contributed by atoms with van der Waals surface area (Å²) in [4.78, 5) is 32.2. The monoisotopic (exact) mass is 451 g/mol. The van der Waals surface area contributed by atoms with Crippen molar-refractivity contribution in [3.05, 3.63) is 81.6 Å². The highest BCUT2D eigenvalue weighted by Crippen LogP contribution is 2.24. The molecule has 0 atom stereocenters. The SMILES string of the molecule is Cc1ccc(-n2c(SCC(=O)N3CCOCC3)nc(O)c(Cc3ccccc3)c2=O)cc1. The molecular weight excluding hydrogens is 426 g/mol. The summed E-state index contributed by atoms with van der Waals surface area (Å²) in [6.45, 7) is 4.13. The lowest BCUT2D eigenvalue weighted by Gasteiger charge is -2.26. The summed E-state index contributed by atoms with van der Waals surface area (Å²) in [5.41, 5.74) is 2.49. The number of carbonyl (C=O) groups is 1. The molecule has 0 radical (unpaired) electrons. The van der Waals surface area contributed by atoms with Crippen LogP contribution in [0.3, 0.4) is 0 Å². The van der Waals surface area contributed by atoms with Gasteiger partial charge < -0.3 is 14.7 Å². The summed E-state index contributed by atoms with van der Waals surface area (Å²) in [5, 5.41) is 10.9. The van der Waals surface area contributed by atoms with Gasteiger partial charge in [0.2, 0.25) is 11.8 Å². The van der Waals surface area contributed by atoms with Gasteiger partial charge in [0.1, 0.15) is 0 Å². The van der Waals surface area contributed by atoms with Crippen LogP contribution in [0.15, 0.2) is 64.5 Å². The van der Waals surface area contributed by atoms with Gasteiger partial charge in [0.05, 0.1) is 30.2 Å². The third-order valence-electron chi connectivity index (χ3n) is 5.33. The maximum atomic E-state index is 13.5. The largest absolute Gasteiger partial charge is 0.493 e. The summed E-state index contributed by atoms with van der Waals surface area (Å²) in [5.74, 6) is -0.227. The molecule has 1 N–H and O–H groups in total. The molecule has 3 aromatic rings. The topological polar surface area (TPSA) is 84.7 Å². The zero-order chi connectivity index (χ0) is 22.5. The van der Waals surface area contributed by atoms with Gasteiger partial charge in [0.15, 0.2) is 5.16 Å². The van der Waals surface area contributed by atoms with Crippen molar-refractivity contribution >= 4 is 17.7 Å². The molecule has 0 unspecified atom stereocenters. The van der Waals surface area contributed by atoms with E-state index in [4.69, 9.17) is 4.74 Å². The molecule has 0 spiro atoms. The molecule has 2 aromatic carbocycles. The van der Waals surface area contributed by atoms with Crippen LogP contribution in [0.1, 0.15) is 16.7 Å². The van der Waals surface area contributed by atoms with Crippen LogP contribution >= 0.6 is 11.8 Å². The number of thioether (sulfide) groups is 1. The third kappa shape index (κ3) is 5.03. The number of ether oxygens (including phenoxy) is 1. The van der Waals surface area contributed by atoms with Crippen LogP contribution in [0.25, 0.3) is 5.69 Å². The van der Waals surface area contributed by atoms with Crippen molar-refractivity contribution in [3.8, 4) is 11.6 Å². The number of hydrogen-bond acceptors (Lipinski definition) is 6. The Morgan fingerprint density at radius 3 is 2.47 bits per heavy atom. The molecular formula is C24H25N3O4S. The van der Waals surface area contributed by atoms with Crippen molar-refractivity contribution in [1.29, 1.82) is 0 Å². The molecule has 1 saturated heterocycles. The van der Waals surface area contributed by atoms with Crippen molar-refractivity contribution in [2.45, 2.75) is 18.5 Å². The van der Waals surface area contributed by atoms with Crippen LogP contribution in [0.4, 0.5) is 0 Å². The highest BCUT2D eigenvalue weighted by molar-refractivity contribution is 7.99. The summed E-state index contributed by atoms with van der Waals surface area (Å²) in [7, 11) is 0. The van der Waals surface area contributed by atoms with Gasteiger partial charge in [-0.2, -0.15) is 4.98 Å². The standard InChI is InChI=1S/C24H25N3O4S/c1-17-7-9-19(10-8-17)27-23(30)20(15-18-5-3-2-4-6-18)22(29)25-24(27)32-16-21(28)26-11-13-31-14-12-26/h2-10,29H,11-16H2,1H3. The second kappa shape index (κ2) is 10.0. The van der Waals surface area contributed by atoms with Crippen LogP contribution < -0.4 is 5.56 Å². The van der Waals surface area contributed by atoms with Crippen molar-refractivity contribution in [2.75, 3.05) is 32.1 Å². The van der Waals surface area contributed by atoms with Crippen molar-refractivity contribution in [3.63, 3.8) is 0 Å². The van der Waals surface area contributed by atoms with E-state index in [1.54, 1.807) is 4.90 Å². The summed E-state index contributed by atoms with van der Waals surface area (Å²) < 4.78 is 6.78. The number of hydrogen-bond donors (Lipinski definition) is 1. The van der Waals surface area contributed by atoms with Gasteiger partial charge in [-0.1, -0.05) is 59.8 Å². The number of nitrogens with zero attached hydrogens (tertiary/aromatic N) is 3. The Morgan fingerprint density at radius 1 is 1.09 bits per heavy atom. The summed E-state index contributed by atoms with van der Waals surface area (Å²) >= 11 is 1.15. The Hall–Kier alpha value is -3.10. The Labute approximate surface area is 190 Å². The molecule has 2 heterocycles. The van der Waals surface area contributed by atoms with Crippen molar-refractivity contribution in [1.82, 2.24) is 14.5 Å². The Balaban J connectivity index is 1.69. The predicted octanol–water partition coefficient (Wildman–Crippen LogP) is 2.79. The second-order valence-corrected chi connectivity index (χ2v) is 8.56. The van der Waals surface area contributed by atoms with Crippen LogP contribution in [0.2, 0.25) is 0 Å². The average molecular weight is 452 g/mol. The van der Waals surface area contributed by atoms with Gasteiger partial charge in [-0.15, -0.1) is 0 Å². The molecule has 166 valence electrons. The van der Waals surface area contributed by atoms with Crippen LogP contribution in [-0.2, 0) is 16.0 Å². The number of aromatic hydroxyl groups is 1. The van der Waals surface area contributed by atoms with E-state index in [9.17, 15) is 14.7 Å². The first-order valence-electron chi connectivity index (χ1n) is 10.5. The van der Waals surface area contributed by atoms with E-state index in [0.29, 0.717) is 32.0 Å². The zero-order valence-corrected chi connectivity index (χ0v) is 18.7. The number of aryl methyl sites for hydroxylation is 1. The maximum Gasteiger partial charge on any atom is 0.266 e. The molecule has 0 saturated carbocycles. The first-order chi connectivity index (χ1) is 15.5. The van der Waals surface area contributed by atoms with Crippen LogP contribution in [0, 0.1) is 6.92 Å². The summed E-state index contributed by atoms with van der Waals surface area (Å²) in [6, 6.07) is 17.0. The van der Waals surface area contributed by atoms with Crippen molar-refractivity contribution < 1.29 is 14.6 Å². The Kier molecular flexibility index (Phi) is 6.92. The van der Waals surface area contributed by atoms with Gasteiger partial charge in [-0.05, 0) is 24.6 Å². The van der Waals surface area contributed by atoms with E-state index in [0.717, 1.165) is 22.9 Å². The second-order valence-electron chi connectivity index (χ2n) is 7.62. The maximum absolute atomic E-state index is 13.5. The van der Waals surface area contributed by atoms with Gasteiger partial charge in [0, 0.05) is 19.5 Å². The fourth-order valence-corrected chi connectivity index (χ4v) is 4.43. The van der Waals surface area contributed by atoms with Gasteiger partial charge >= 0.3 is 0 Å². The number of rotatable bonds is 6. The lowest BCUT2D eigenvalue weighted by molar-refractivity contribution is -0.132. The van der Waals surface area contributed by atoms with Gasteiger partial charge in [0.25, 0.3) is 5.56 Å². The average Bonchev–Trinajstić information content (AvgIpc) is 2.82. The Bertz CT molecular complexity index is 1140. The quantitative estimate of drug-likeness (QED) is 0.458. The van der Waals surface area contributed by atoms with E-state index in [-0.39, 0.29) is 40.2 Å². The predicted molar refractivity (Wildman–Crippen MR) is 124 cm³/mol. The molecule has 4 rings (SSSR count). The third-order valence-corrected chi connectivity index (χ3v) is 6.25. The molecule has 1 aliphatic heterocycles. The van der Waals surface area contributed by atoms with Crippen molar-refractivity contribution in [2.24, 2.45) is 0 Å². The number of carbonyl (C=O) groups excluding carboxylic acids is 1. The number of amides is 1. The lowest BCUT2D eigenvalue weighted by atomic mass is 10.1. The minimum absolute atomic E-state index is 0.0455. The first kappa shape index (κ1) is 22.1. The molecule has 8 heteroatoms. The Morgan fingerprint density at radius 2 is 1.78 bits per heavy atom. The molecule has 0 aliphatic carbocycles. The zero-order valence-electron chi connectivity index (χ0n) is 17.9. The minimum Gasteiger partial charge on any atom is -0.493 e. The molecule has 7 nitrogen and oxygen atoms in total. The fourth-order valence-electron chi connectivity index (χ4n) is 3.53. The van der Waals surface area contributed by atoms with Gasteiger partial charge in [-0.3, -0.25) is 14.2 Å². The lowest BCUT2D eigenvalue weighted by Crippen LogP contribution is -2.41. The smallest absolute Gasteiger partial charge is 0.266 e.